The highest BCUT2D eigenvalue weighted by molar-refractivity contribution is 7.92. The van der Waals surface area contributed by atoms with Gasteiger partial charge in [-0.25, -0.2) is 13.5 Å². The van der Waals surface area contributed by atoms with E-state index in [2.05, 4.69) is 14.9 Å². The first kappa shape index (κ1) is 20.9. The molecular formula is C23H23N3O4S. The maximum absolute atomic E-state index is 12.3. The molecule has 1 saturated carbocycles. The fraction of sp³-hybridized carbons (Fsp3) is 0.217. The van der Waals surface area contributed by atoms with Crippen molar-refractivity contribution < 1.29 is 13.2 Å². The van der Waals surface area contributed by atoms with E-state index in [1.807, 2.05) is 36.4 Å². The minimum absolute atomic E-state index is 0.238. The lowest BCUT2D eigenvalue weighted by molar-refractivity contribution is 0.409. The number of anilines is 1. The highest BCUT2D eigenvalue weighted by Crippen LogP contribution is 2.47. The largest absolute Gasteiger partial charge is 0.496 e. The summed E-state index contributed by atoms with van der Waals surface area (Å²) >= 11 is 0. The Hall–Kier alpha value is -3.39. The fourth-order valence-electron chi connectivity index (χ4n) is 3.52. The molecule has 1 aliphatic rings. The molecule has 0 saturated heterocycles. The number of aromatic nitrogens is 2. The Balaban J connectivity index is 1.71. The van der Waals surface area contributed by atoms with E-state index in [1.54, 1.807) is 31.5 Å². The Kier molecular flexibility index (Phi) is 5.65. The zero-order valence-electron chi connectivity index (χ0n) is 17.3. The molecule has 2 N–H and O–H groups in total. The van der Waals surface area contributed by atoms with Crippen LogP contribution in [-0.4, -0.2) is 32.0 Å². The molecule has 0 bridgehead atoms. The summed E-state index contributed by atoms with van der Waals surface area (Å²) in [5.74, 6) is 1.24. The van der Waals surface area contributed by atoms with Crippen LogP contribution in [0.5, 0.6) is 5.75 Å². The number of rotatable bonds is 7. The van der Waals surface area contributed by atoms with Crippen molar-refractivity contribution in [2.75, 3.05) is 18.1 Å². The fourth-order valence-corrected chi connectivity index (χ4v) is 4.08. The van der Waals surface area contributed by atoms with Crippen LogP contribution in [0.2, 0.25) is 0 Å². The zero-order chi connectivity index (χ0) is 22.0. The van der Waals surface area contributed by atoms with Crippen molar-refractivity contribution in [3.05, 3.63) is 75.7 Å². The minimum Gasteiger partial charge on any atom is -0.496 e. The first-order valence-electron chi connectivity index (χ1n) is 9.86. The van der Waals surface area contributed by atoms with E-state index in [0.29, 0.717) is 17.2 Å². The van der Waals surface area contributed by atoms with E-state index < -0.39 is 10.0 Å². The Morgan fingerprint density at radius 2 is 1.87 bits per heavy atom. The number of nitrogens with one attached hydrogen (secondary N) is 2. The Bertz CT molecular complexity index is 1290. The van der Waals surface area contributed by atoms with E-state index >= 15 is 0 Å². The van der Waals surface area contributed by atoms with Crippen molar-refractivity contribution >= 4 is 27.9 Å². The number of benzene rings is 2. The summed E-state index contributed by atoms with van der Waals surface area (Å²) in [6.07, 6.45) is 8.77. The second kappa shape index (κ2) is 8.39. The maximum atomic E-state index is 12.3. The van der Waals surface area contributed by atoms with Crippen molar-refractivity contribution in [1.29, 1.82) is 0 Å². The number of aromatic amines is 1. The van der Waals surface area contributed by atoms with Crippen LogP contribution < -0.4 is 15.0 Å². The van der Waals surface area contributed by atoms with Crippen LogP contribution in [0.15, 0.2) is 53.5 Å². The molecule has 1 aliphatic carbocycles. The third-order valence-corrected chi connectivity index (χ3v) is 5.68. The molecule has 0 amide bonds. The van der Waals surface area contributed by atoms with E-state index in [0.717, 1.165) is 47.1 Å². The van der Waals surface area contributed by atoms with Crippen LogP contribution in [0.4, 0.5) is 5.69 Å². The van der Waals surface area contributed by atoms with Crippen LogP contribution in [-0.2, 0) is 10.0 Å². The van der Waals surface area contributed by atoms with Gasteiger partial charge >= 0.3 is 0 Å². The van der Waals surface area contributed by atoms with Crippen LogP contribution in [0.3, 0.4) is 0 Å². The highest BCUT2D eigenvalue weighted by atomic mass is 32.2. The van der Waals surface area contributed by atoms with E-state index in [1.165, 1.54) is 0 Å². The van der Waals surface area contributed by atoms with Crippen molar-refractivity contribution in [2.45, 2.75) is 18.8 Å². The molecule has 8 heteroatoms. The summed E-state index contributed by atoms with van der Waals surface area (Å²) in [5.41, 5.74) is 4.52. The number of nitrogens with zero attached hydrogens (tertiary/aromatic N) is 1. The molecule has 0 radical (unpaired) electrons. The highest BCUT2D eigenvalue weighted by Gasteiger charge is 2.28. The summed E-state index contributed by atoms with van der Waals surface area (Å²) in [5, 5.41) is 6.27. The van der Waals surface area contributed by atoms with Crippen molar-refractivity contribution in [1.82, 2.24) is 10.2 Å². The number of ether oxygens (including phenoxy) is 1. The molecular weight excluding hydrogens is 414 g/mol. The molecule has 1 heterocycles. The summed E-state index contributed by atoms with van der Waals surface area (Å²) in [6, 6.07) is 12.8. The summed E-state index contributed by atoms with van der Waals surface area (Å²) in [4.78, 5) is 12.3. The van der Waals surface area contributed by atoms with Gasteiger partial charge < -0.3 is 4.74 Å². The molecule has 0 spiro atoms. The van der Waals surface area contributed by atoms with Gasteiger partial charge in [0.2, 0.25) is 10.0 Å². The minimum atomic E-state index is -3.31. The molecule has 0 unspecified atom stereocenters. The van der Waals surface area contributed by atoms with Gasteiger partial charge in [-0.05, 0) is 65.8 Å². The third kappa shape index (κ3) is 5.03. The normalized spacial score (nSPS) is 14.0. The summed E-state index contributed by atoms with van der Waals surface area (Å²) < 4.78 is 30.9. The number of H-pyrrole nitrogens is 1. The number of hydrogen-bond donors (Lipinski definition) is 2. The van der Waals surface area contributed by atoms with Gasteiger partial charge in [0.15, 0.2) is 0 Å². The average Bonchev–Trinajstić information content (AvgIpc) is 3.57. The lowest BCUT2D eigenvalue weighted by atomic mass is 9.96. The second-order valence-electron chi connectivity index (χ2n) is 7.59. The topological polar surface area (TPSA) is 101 Å². The molecule has 31 heavy (non-hydrogen) atoms. The molecule has 160 valence electrons. The van der Waals surface area contributed by atoms with E-state index in [-0.39, 0.29) is 5.56 Å². The zero-order valence-corrected chi connectivity index (χ0v) is 18.1. The molecule has 0 aliphatic heterocycles. The smallest absolute Gasteiger partial charge is 0.272 e. The van der Waals surface area contributed by atoms with Crippen LogP contribution >= 0.6 is 0 Å². The number of hydrogen-bond acceptors (Lipinski definition) is 5. The van der Waals surface area contributed by atoms with Gasteiger partial charge in [0.25, 0.3) is 5.56 Å². The monoisotopic (exact) mass is 437 g/mol. The Morgan fingerprint density at radius 3 is 2.48 bits per heavy atom. The summed E-state index contributed by atoms with van der Waals surface area (Å²) in [7, 11) is -1.66. The van der Waals surface area contributed by atoms with Gasteiger partial charge in [-0.15, -0.1) is 0 Å². The summed E-state index contributed by atoms with van der Waals surface area (Å²) in [6.45, 7) is 0. The molecule has 1 fully saturated rings. The Labute approximate surface area is 180 Å². The first-order chi connectivity index (χ1) is 14.8. The Morgan fingerprint density at radius 1 is 1.13 bits per heavy atom. The van der Waals surface area contributed by atoms with Gasteiger partial charge in [0, 0.05) is 17.4 Å². The van der Waals surface area contributed by atoms with Gasteiger partial charge in [0.1, 0.15) is 5.75 Å². The molecule has 3 aromatic rings. The van der Waals surface area contributed by atoms with Crippen LogP contribution in [0, 0.1) is 0 Å². The van der Waals surface area contributed by atoms with E-state index in [4.69, 9.17) is 4.74 Å². The number of sulfonamides is 1. The SMILES string of the molecule is COc1c(C=Cc2ccc(NS(C)(=O)=O)cc2)cc(-c2ccn[nH]c2=O)cc1C1CC1. The van der Waals surface area contributed by atoms with Crippen molar-refractivity contribution in [2.24, 2.45) is 0 Å². The van der Waals surface area contributed by atoms with Crippen LogP contribution in [0.1, 0.15) is 35.4 Å². The maximum Gasteiger partial charge on any atom is 0.272 e. The average molecular weight is 438 g/mol. The predicted octanol–water partition coefficient (Wildman–Crippen LogP) is 3.86. The van der Waals surface area contributed by atoms with Crippen LogP contribution in [0.25, 0.3) is 23.3 Å². The van der Waals surface area contributed by atoms with Gasteiger partial charge in [-0.3, -0.25) is 9.52 Å². The third-order valence-electron chi connectivity index (χ3n) is 5.07. The first-order valence-corrected chi connectivity index (χ1v) is 11.7. The lowest BCUT2D eigenvalue weighted by Gasteiger charge is -2.14. The quantitative estimate of drug-likeness (QED) is 0.547. The van der Waals surface area contributed by atoms with E-state index in [9.17, 15) is 13.2 Å². The molecule has 1 aromatic heterocycles. The second-order valence-corrected chi connectivity index (χ2v) is 9.34. The van der Waals surface area contributed by atoms with Crippen molar-refractivity contribution in [3.63, 3.8) is 0 Å². The molecule has 0 atom stereocenters. The van der Waals surface area contributed by atoms with Gasteiger partial charge in [-0.2, -0.15) is 5.10 Å². The number of methoxy groups -OCH3 is 1. The molecule has 4 rings (SSSR count). The molecule has 2 aromatic carbocycles. The molecule has 7 nitrogen and oxygen atoms in total. The van der Waals surface area contributed by atoms with Gasteiger partial charge in [-0.1, -0.05) is 24.3 Å². The van der Waals surface area contributed by atoms with Crippen molar-refractivity contribution in [3.8, 4) is 16.9 Å². The van der Waals surface area contributed by atoms with Gasteiger partial charge in [0.05, 0.1) is 18.9 Å². The standard InChI is InChI=1S/C23H23N3O4S/c1-30-22-17(6-3-15-4-9-19(10-5-15)26-31(2,28)29)13-18(14-21(22)16-7-8-16)20-11-12-24-25-23(20)27/h3-6,9-14,16,26H,7-8H2,1-2H3,(H,25,27). The predicted molar refractivity (Wildman–Crippen MR) is 123 cm³/mol. The lowest BCUT2D eigenvalue weighted by Crippen LogP contribution is -2.10.